The Morgan fingerprint density at radius 2 is 2.00 bits per heavy atom. The molecule has 1 heterocycles. The van der Waals surface area contributed by atoms with E-state index in [2.05, 4.69) is 23.5 Å². The van der Waals surface area contributed by atoms with Crippen molar-refractivity contribution in [3.8, 4) is 0 Å². The highest BCUT2D eigenvalue weighted by molar-refractivity contribution is 6.30. The molecule has 0 spiro atoms. The molecule has 1 saturated carbocycles. The second kappa shape index (κ2) is 7.62. The Kier molecular flexibility index (Phi) is 5.56. The van der Waals surface area contributed by atoms with Crippen LogP contribution in [-0.4, -0.2) is 25.8 Å². The molecule has 1 aliphatic heterocycles. The zero-order valence-corrected chi connectivity index (χ0v) is 13.4. The zero-order chi connectivity index (χ0) is 14.5. The number of hydrogen-bond acceptors (Lipinski definition) is 2. The van der Waals surface area contributed by atoms with Gasteiger partial charge in [-0.2, -0.15) is 0 Å². The minimum atomic E-state index is 0.715. The minimum absolute atomic E-state index is 0.715. The summed E-state index contributed by atoms with van der Waals surface area (Å²) in [6, 6.07) is 9.15. The molecule has 1 N–H and O–H groups in total. The number of rotatable bonds is 7. The Hall–Kier alpha value is -0.570. The molecule has 0 bridgehead atoms. The third kappa shape index (κ3) is 5.28. The first-order valence-corrected chi connectivity index (χ1v) is 8.73. The molecule has 2 aliphatic rings. The second-order valence-corrected chi connectivity index (χ2v) is 7.11. The average molecular weight is 308 g/mol. The Morgan fingerprint density at radius 3 is 2.71 bits per heavy atom. The monoisotopic (exact) mass is 307 g/mol. The molecule has 0 amide bonds. The Balaban J connectivity index is 1.56. The number of ether oxygens (including phenoxy) is 1. The summed E-state index contributed by atoms with van der Waals surface area (Å²) in [4.78, 5) is 0. The number of benzene rings is 1. The van der Waals surface area contributed by atoms with E-state index in [1.165, 1.54) is 37.7 Å². The van der Waals surface area contributed by atoms with Crippen molar-refractivity contribution in [1.82, 2.24) is 5.32 Å². The molecule has 1 aromatic carbocycles. The van der Waals surface area contributed by atoms with Crippen LogP contribution in [0.2, 0.25) is 5.02 Å². The molecule has 3 heteroatoms. The van der Waals surface area contributed by atoms with Crippen LogP contribution in [-0.2, 0) is 11.2 Å². The van der Waals surface area contributed by atoms with Crippen molar-refractivity contribution >= 4 is 11.6 Å². The van der Waals surface area contributed by atoms with E-state index in [1.807, 2.05) is 6.07 Å². The maximum Gasteiger partial charge on any atom is 0.0468 e. The normalized spacial score (nSPS) is 21.4. The van der Waals surface area contributed by atoms with Gasteiger partial charge < -0.3 is 10.1 Å². The van der Waals surface area contributed by atoms with Gasteiger partial charge in [-0.1, -0.05) is 23.7 Å². The van der Waals surface area contributed by atoms with Gasteiger partial charge in [0.05, 0.1) is 0 Å². The largest absolute Gasteiger partial charge is 0.381 e. The van der Waals surface area contributed by atoms with Gasteiger partial charge in [-0.15, -0.1) is 0 Å². The molecule has 1 aliphatic carbocycles. The lowest BCUT2D eigenvalue weighted by Crippen LogP contribution is -2.29. The van der Waals surface area contributed by atoms with E-state index in [-0.39, 0.29) is 0 Å². The lowest BCUT2D eigenvalue weighted by molar-refractivity contribution is 0.0584. The molecular formula is C18H26ClNO. The van der Waals surface area contributed by atoms with Crippen molar-refractivity contribution < 1.29 is 4.74 Å². The summed E-state index contributed by atoms with van der Waals surface area (Å²) in [6.45, 7) is 3.05. The van der Waals surface area contributed by atoms with Crippen molar-refractivity contribution in [2.45, 2.75) is 44.6 Å². The second-order valence-electron chi connectivity index (χ2n) is 6.67. The van der Waals surface area contributed by atoms with Gasteiger partial charge in [0, 0.05) is 24.3 Å². The Morgan fingerprint density at radius 1 is 1.19 bits per heavy atom. The van der Waals surface area contributed by atoms with Crippen LogP contribution in [0.15, 0.2) is 24.3 Å². The summed E-state index contributed by atoms with van der Waals surface area (Å²) in [5.41, 5.74) is 1.37. The van der Waals surface area contributed by atoms with E-state index < -0.39 is 0 Å². The lowest BCUT2D eigenvalue weighted by Gasteiger charge is -2.27. The molecule has 0 aromatic heterocycles. The summed E-state index contributed by atoms with van der Waals surface area (Å²) in [5.74, 6) is 1.55. The van der Waals surface area contributed by atoms with E-state index >= 15 is 0 Å². The van der Waals surface area contributed by atoms with Crippen LogP contribution >= 0.6 is 11.6 Å². The average Bonchev–Trinajstić information content (AvgIpc) is 3.30. The highest BCUT2D eigenvalue weighted by Gasteiger charge is 2.24. The molecule has 1 atom stereocenters. The standard InChI is InChI=1S/C18H26ClNO/c19-17-3-1-2-15(12-17)11-16(13-20-18-4-5-18)10-14-6-8-21-9-7-14/h1-3,12,14,16,18,20H,4-11,13H2. The van der Waals surface area contributed by atoms with Crippen molar-refractivity contribution in [3.63, 3.8) is 0 Å². The Bertz CT molecular complexity index is 441. The topological polar surface area (TPSA) is 21.3 Å². The molecule has 21 heavy (non-hydrogen) atoms. The summed E-state index contributed by atoms with van der Waals surface area (Å²) < 4.78 is 5.49. The van der Waals surface area contributed by atoms with Crippen LogP contribution in [0.5, 0.6) is 0 Å². The fourth-order valence-corrected chi connectivity index (χ4v) is 3.52. The molecule has 2 fully saturated rings. The number of halogens is 1. The van der Waals surface area contributed by atoms with E-state index in [9.17, 15) is 0 Å². The van der Waals surface area contributed by atoms with Crippen LogP contribution in [0.25, 0.3) is 0 Å². The predicted molar refractivity (Wildman–Crippen MR) is 87.8 cm³/mol. The maximum atomic E-state index is 6.13. The predicted octanol–water partition coefficient (Wildman–Crippen LogP) is 4.07. The highest BCUT2D eigenvalue weighted by Crippen LogP contribution is 2.27. The van der Waals surface area contributed by atoms with Crippen molar-refractivity contribution in [2.24, 2.45) is 11.8 Å². The number of hydrogen-bond donors (Lipinski definition) is 1. The minimum Gasteiger partial charge on any atom is -0.381 e. The fourth-order valence-electron chi connectivity index (χ4n) is 3.31. The van der Waals surface area contributed by atoms with E-state index in [0.717, 1.165) is 43.2 Å². The Labute approximate surface area is 133 Å². The molecule has 1 aromatic rings. The van der Waals surface area contributed by atoms with Gasteiger partial charge in [0.2, 0.25) is 0 Å². The van der Waals surface area contributed by atoms with Crippen LogP contribution in [0.4, 0.5) is 0 Å². The molecule has 0 radical (unpaired) electrons. The van der Waals surface area contributed by atoms with Gasteiger partial charge in [-0.3, -0.25) is 0 Å². The van der Waals surface area contributed by atoms with Crippen molar-refractivity contribution in [3.05, 3.63) is 34.9 Å². The van der Waals surface area contributed by atoms with Gasteiger partial charge in [0.25, 0.3) is 0 Å². The molecule has 2 nitrogen and oxygen atoms in total. The summed E-state index contributed by atoms with van der Waals surface area (Å²) in [7, 11) is 0. The highest BCUT2D eigenvalue weighted by atomic mass is 35.5. The summed E-state index contributed by atoms with van der Waals surface area (Å²) in [6.07, 6.45) is 7.64. The molecule has 1 saturated heterocycles. The third-order valence-electron chi connectivity index (χ3n) is 4.69. The summed E-state index contributed by atoms with van der Waals surface area (Å²) >= 11 is 6.13. The molecule has 3 rings (SSSR count). The van der Waals surface area contributed by atoms with Gasteiger partial charge >= 0.3 is 0 Å². The first-order valence-electron chi connectivity index (χ1n) is 8.35. The smallest absolute Gasteiger partial charge is 0.0468 e. The quantitative estimate of drug-likeness (QED) is 0.820. The number of nitrogens with one attached hydrogen (secondary N) is 1. The van der Waals surface area contributed by atoms with Crippen molar-refractivity contribution in [2.75, 3.05) is 19.8 Å². The van der Waals surface area contributed by atoms with Gasteiger partial charge in [-0.25, -0.2) is 0 Å². The lowest BCUT2D eigenvalue weighted by atomic mass is 9.85. The zero-order valence-electron chi connectivity index (χ0n) is 12.7. The van der Waals surface area contributed by atoms with Crippen LogP contribution < -0.4 is 5.32 Å². The maximum absolute atomic E-state index is 6.13. The van der Waals surface area contributed by atoms with Gasteiger partial charge in [-0.05, 0) is 74.6 Å². The van der Waals surface area contributed by atoms with Crippen LogP contribution in [0, 0.1) is 11.8 Å². The van der Waals surface area contributed by atoms with E-state index in [1.54, 1.807) is 0 Å². The third-order valence-corrected chi connectivity index (χ3v) is 4.93. The van der Waals surface area contributed by atoms with E-state index in [4.69, 9.17) is 16.3 Å². The first-order chi connectivity index (χ1) is 10.3. The van der Waals surface area contributed by atoms with Crippen LogP contribution in [0.3, 0.4) is 0 Å². The SMILES string of the molecule is Clc1cccc(CC(CNC2CC2)CC2CCOCC2)c1. The van der Waals surface area contributed by atoms with Crippen LogP contribution in [0.1, 0.15) is 37.7 Å². The summed E-state index contributed by atoms with van der Waals surface area (Å²) in [5, 5.41) is 4.57. The molecule has 116 valence electrons. The fraction of sp³-hybridized carbons (Fsp3) is 0.667. The molecular weight excluding hydrogens is 282 g/mol. The van der Waals surface area contributed by atoms with Gasteiger partial charge in [0.15, 0.2) is 0 Å². The molecule has 1 unspecified atom stereocenters. The first kappa shape index (κ1) is 15.3. The van der Waals surface area contributed by atoms with E-state index in [0.29, 0.717) is 5.92 Å². The van der Waals surface area contributed by atoms with Crippen molar-refractivity contribution in [1.29, 1.82) is 0 Å². The van der Waals surface area contributed by atoms with Gasteiger partial charge in [0.1, 0.15) is 0 Å².